The first-order chi connectivity index (χ1) is 23.8. The van der Waals surface area contributed by atoms with Gasteiger partial charge in [0.2, 0.25) is 11.8 Å². The number of fused-ring (bicyclic) bond motifs is 2. The Labute approximate surface area is 288 Å². The molecule has 1 fully saturated rings. The number of ether oxygens (including phenoxy) is 2. The molecule has 6 rings (SSSR count). The number of carbonyl (C=O) groups is 3. The molecule has 3 amide bonds. The van der Waals surface area contributed by atoms with Gasteiger partial charge < -0.3 is 40.7 Å². The Kier molecular flexibility index (Phi) is 10.5. The lowest BCUT2D eigenvalue weighted by Crippen LogP contribution is -2.43. The van der Waals surface area contributed by atoms with Gasteiger partial charge in [0, 0.05) is 62.3 Å². The number of hydrogen-bond donors (Lipinski definition) is 3. The Morgan fingerprint density at radius 1 is 1.02 bits per heavy atom. The van der Waals surface area contributed by atoms with Gasteiger partial charge in [0.25, 0.3) is 5.91 Å². The lowest BCUT2D eigenvalue weighted by atomic mass is 10.0. The molecule has 0 radical (unpaired) electrons. The topological polar surface area (TPSA) is 179 Å². The first-order valence-electron chi connectivity index (χ1n) is 16.2. The number of halogens is 1. The quantitative estimate of drug-likeness (QED) is 0.0699. The van der Waals surface area contributed by atoms with Gasteiger partial charge in [-0.3, -0.25) is 14.4 Å². The number of amidine groups is 1. The number of nitrogens with zero attached hydrogens (tertiary/aromatic N) is 4. The minimum atomic E-state index is -0.314. The number of piperidine rings is 1. The first-order valence-corrected chi connectivity index (χ1v) is 16.7. The second kappa shape index (κ2) is 15.3. The molecule has 2 aliphatic rings. The molecule has 0 aliphatic carbocycles. The Bertz CT molecular complexity index is 1870. The number of hydrazone groups is 1. The highest BCUT2D eigenvalue weighted by Crippen LogP contribution is 2.33. The minimum Gasteiger partial charge on any atom is -0.490 e. The van der Waals surface area contributed by atoms with E-state index in [0.29, 0.717) is 60.8 Å². The van der Waals surface area contributed by atoms with Crippen molar-refractivity contribution in [3.8, 4) is 22.8 Å². The van der Waals surface area contributed by atoms with Crippen LogP contribution in [0.15, 0.2) is 70.3 Å². The van der Waals surface area contributed by atoms with E-state index >= 15 is 0 Å². The van der Waals surface area contributed by atoms with Crippen molar-refractivity contribution in [1.29, 1.82) is 0 Å². The number of nitrogens with one attached hydrogen (secondary N) is 1. The van der Waals surface area contributed by atoms with Crippen LogP contribution in [0.3, 0.4) is 0 Å². The molecule has 0 atom stereocenters. The van der Waals surface area contributed by atoms with E-state index in [4.69, 9.17) is 37.2 Å². The largest absolute Gasteiger partial charge is 0.490 e. The molecule has 3 aromatic carbocycles. The van der Waals surface area contributed by atoms with Crippen LogP contribution in [0.25, 0.3) is 22.2 Å². The highest BCUT2D eigenvalue weighted by Gasteiger charge is 2.25. The van der Waals surface area contributed by atoms with Crippen molar-refractivity contribution in [1.82, 2.24) is 15.4 Å². The highest BCUT2D eigenvalue weighted by molar-refractivity contribution is 6.29. The summed E-state index contributed by atoms with van der Waals surface area (Å²) >= 11 is 5.75. The lowest BCUT2D eigenvalue weighted by molar-refractivity contribution is -0.133. The van der Waals surface area contributed by atoms with Crippen LogP contribution in [-0.2, 0) is 20.8 Å². The number of alkyl halides is 1. The van der Waals surface area contributed by atoms with Gasteiger partial charge in [-0.1, -0.05) is 17.3 Å². The van der Waals surface area contributed by atoms with Gasteiger partial charge in [-0.2, -0.15) is 5.10 Å². The molecule has 3 heterocycles. The van der Waals surface area contributed by atoms with Crippen molar-refractivity contribution >= 4 is 51.7 Å². The van der Waals surface area contributed by atoms with Crippen molar-refractivity contribution in [2.75, 3.05) is 43.6 Å². The van der Waals surface area contributed by atoms with E-state index in [1.807, 2.05) is 42.5 Å². The molecule has 0 bridgehead atoms. The standard InChI is InChI=1S/C35H38ClN7O6/c36-20-33(46)43-14-2-4-22-17-26(7-9-30(22)43)47-21-31(44)39-13-10-32(45)42-15-11-25(12-16-42)48-27-5-1-3-23(18-27)34-28-19-24(35(37)40-38)6-8-29(28)41-49-34/h1,3,5-9,17-19,25H,2,4,10-16,20-21,38H2,(H2,37,40)(H,39,44). The third-order valence-electron chi connectivity index (χ3n) is 8.72. The average Bonchev–Trinajstić information content (AvgIpc) is 3.57. The van der Waals surface area contributed by atoms with E-state index in [1.54, 1.807) is 28.0 Å². The second-order valence-electron chi connectivity index (χ2n) is 11.9. The summed E-state index contributed by atoms with van der Waals surface area (Å²) in [6, 6.07) is 18.4. The Balaban J connectivity index is 0.933. The number of aromatic nitrogens is 1. The van der Waals surface area contributed by atoms with Gasteiger partial charge in [-0.05, 0) is 66.9 Å². The molecular weight excluding hydrogens is 650 g/mol. The van der Waals surface area contributed by atoms with Crippen LogP contribution in [0, 0.1) is 0 Å². The van der Waals surface area contributed by atoms with Gasteiger partial charge >= 0.3 is 0 Å². The summed E-state index contributed by atoms with van der Waals surface area (Å²) in [6.07, 6.45) is 3.15. The SMILES string of the molecule is N/N=C(\N)c1ccc2noc(-c3cccc(OC4CCN(C(=O)CCNC(=O)COc5ccc6c(c5)CCCN6C(=O)CCl)CC4)c3)c2c1. The second-order valence-corrected chi connectivity index (χ2v) is 12.2. The van der Waals surface area contributed by atoms with E-state index in [2.05, 4.69) is 15.6 Å². The van der Waals surface area contributed by atoms with Crippen LogP contribution >= 0.6 is 11.6 Å². The zero-order valence-electron chi connectivity index (χ0n) is 26.9. The Morgan fingerprint density at radius 3 is 2.65 bits per heavy atom. The first kappa shape index (κ1) is 33.6. The van der Waals surface area contributed by atoms with Crippen LogP contribution < -0.4 is 31.3 Å². The zero-order chi connectivity index (χ0) is 34.3. The summed E-state index contributed by atoms with van der Waals surface area (Å²) in [6.45, 7) is 1.80. The molecule has 0 spiro atoms. The fourth-order valence-corrected chi connectivity index (χ4v) is 6.32. The van der Waals surface area contributed by atoms with Gasteiger partial charge in [-0.25, -0.2) is 0 Å². The summed E-state index contributed by atoms with van der Waals surface area (Å²) in [5.74, 6) is 6.84. The highest BCUT2D eigenvalue weighted by atomic mass is 35.5. The van der Waals surface area contributed by atoms with Gasteiger partial charge in [0.15, 0.2) is 12.4 Å². The fourth-order valence-electron chi connectivity index (χ4n) is 6.17. The normalized spacial score (nSPS) is 15.2. The van der Waals surface area contributed by atoms with Crippen molar-refractivity contribution in [3.05, 3.63) is 71.8 Å². The van der Waals surface area contributed by atoms with E-state index in [9.17, 15) is 14.4 Å². The van der Waals surface area contributed by atoms with Gasteiger partial charge in [0.05, 0.1) is 5.39 Å². The molecule has 13 nitrogen and oxygen atoms in total. The van der Waals surface area contributed by atoms with E-state index < -0.39 is 0 Å². The fraction of sp³-hybridized carbons (Fsp3) is 0.343. The summed E-state index contributed by atoms with van der Waals surface area (Å²) in [5, 5.41) is 11.3. The smallest absolute Gasteiger partial charge is 0.257 e. The van der Waals surface area contributed by atoms with Crippen molar-refractivity contribution < 1.29 is 28.4 Å². The van der Waals surface area contributed by atoms with Crippen LogP contribution in [0.1, 0.15) is 36.8 Å². The maximum atomic E-state index is 12.9. The van der Waals surface area contributed by atoms with Crippen LogP contribution in [0.2, 0.25) is 0 Å². The number of benzene rings is 3. The molecule has 2 aliphatic heterocycles. The molecule has 49 heavy (non-hydrogen) atoms. The molecule has 4 aromatic rings. The number of hydrogen-bond acceptors (Lipinski definition) is 9. The zero-order valence-corrected chi connectivity index (χ0v) is 27.7. The van der Waals surface area contributed by atoms with Crippen molar-refractivity contribution in [3.63, 3.8) is 0 Å². The molecule has 1 aromatic heterocycles. The predicted octanol–water partition coefficient (Wildman–Crippen LogP) is 3.55. The lowest BCUT2D eigenvalue weighted by Gasteiger charge is -2.32. The predicted molar refractivity (Wildman–Crippen MR) is 186 cm³/mol. The van der Waals surface area contributed by atoms with Crippen molar-refractivity contribution in [2.24, 2.45) is 16.7 Å². The monoisotopic (exact) mass is 687 g/mol. The third-order valence-corrected chi connectivity index (χ3v) is 8.95. The number of amides is 3. The summed E-state index contributed by atoms with van der Waals surface area (Å²) < 4.78 is 17.6. The van der Waals surface area contributed by atoms with Gasteiger partial charge in [0.1, 0.15) is 34.8 Å². The minimum absolute atomic E-state index is 0.0238. The van der Waals surface area contributed by atoms with E-state index in [1.165, 1.54) is 0 Å². The summed E-state index contributed by atoms with van der Waals surface area (Å²) in [7, 11) is 0. The maximum absolute atomic E-state index is 12.9. The number of nitrogens with two attached hydrogens (primary N) is 2. The van der Waals surface area contributed by atoms with Crippen LogP contribution in [0.5, 0.6) is 11.5 Å². The van der Waals surface area contributed by atoms with Crippen LogP contribution in [0.4, 0.5) is 5.69 Å². The van der Waals surface area contributed by atoms with Gasteiger partial charge in [-0.15, -0.1) is 11.6 Å². The maximum Gasteiger partial charge on any atom is 0.257 e. The molecule has 256 valence electrons. The molecular formula is C35H38ClN7O6. The number of rotatable bonds is 11. The van der Waals surface area contributed by atoms with E-state index in [-0.39, 0.29) is 55.1 Å². The third kappa shape index (κ3) is 7.89. The number of likely N-dealkylation sites (tertiary alicyclic amines) is 1. The molecule has 5 N–H and O–H groups in total. The summed E-state index contributed by atoms with van der Waals surface area (Å²) in [5.41, 5.74) is 9.85. The Hall–Kier alpha value is -5.30. The number of anilines is 1. The Morgan fingerprint density at radius 2 is 1.86 bits per heavy atom. The summed E-state index contributed by atoms with van der Waals surface area (Å²) in [4.78, 5) is 40.9. The molecule has 14 heteroatoms. The number of carbonyl (C=O) groups excluding carboxylic acids is 3. The number of aryl methyl sites for hydroxylation is 1. The van der Waals surface area contributed by atoms with Crippen molar-refractivity contribution in [2.45, 2.75) is 38.2 Å². The van der Waals surface area contributed by atoms with Crippen LogP contribution in [-0.4, -0.2) is 78.4 Å². The average molecular weight is 688 g/mol. The molecule has 0 saturated carbocycles. The van der Waals surface area contributed by atoms with E-state index in [0.717, 1.165) is 35.0 Å². The molecule has 1 saturated heterocycles. The molecule has 0 unspecified atom stereocenters.